The summed E-state index contributed by atoms with van der Waals surface area (Å²) >= 11 is 4.41. The van der Waals surface area contributed by atoms with Gasteiger partial charge >= 0.3 is 5.97 Å². The van der Waals surface area contributed by atoms with Gasteiger partial charge in [-0.25, -0.2) is 9.37 Å². The van der Waals surface area contributed by atoms with Crippen molar-refractivity contribution in [3.63, 3.8) is 0 Å². The number of carbonyl (C=O) groups is 1. The van der Waals surface area contributed by atoms with Crippen molar-refractivity contribution in [2.24, 2.45) is 5.10 Å². The van der Waals surface area contributed by atoms with Crippen molar-refractivity contribution in [1.29, 1.82) is 0 Å². The van der Waals surface area contributed by atoms with Crippen molar-refractivity contribution < 1.29 is 13.9 Å². The number of rotatable bonds is 6. The van der Waals surface area contributed by atoms with E-state index in [4.69, 9.17) is 4.74 Å². The van der Waals surface area contributed by atoms with Crippen LogP contribution < -0.4 is 5.43 Å². The van der Waals surface area contributed by atoms with Gasteiger partial charge in [0.25, 0.3) is 0 Å². The molecule has 0 aliphatic rings. The van der Waals surface area contributed by atoms with Crippen LogP contribution in [-0.2, 0) is 16.0 Å². The number of halogens is 2. The molecule has 2 rings (SSSR count). The van der Waals surface area contributed by atoms with Crippen LogP contribution >= 0.6 is 27.3 Å². The number of benzene rings is 1. The van der Waals surface area contributed by atoms with Crippen molar-refractivity contribution in [2.45, 2.75) is 13.3 Å². The van der Waals surface area contributed by atoms with Gasteiger partial charge in [0.05, 0.1) is 29.4 Å². The fourth-order valence-electron chi connectivity index (χ4n) is 1.55. The van der Waals surface area contributed by atoms with Gasteiger partial charge in [0.1, 0.15) is 5.82 Å². The standard InChI is InChI=1S/C14H13BrFN3O2S/c1-2-21-13(20)6-10-8-22-14(18-10)19-17-7-9-3-4-11(15)12(16)5-9/h3-5,7-8H,2,6H2,1H3,(H,18,19). The van der Waals surface area contributed by atoms with E-state index in [9.17, 15) is 9.18 Å². The average molecular weight is 386 g/mol. The number of ether oxygens (including phenoxy) is 1. The summed E-state index contributed by atoms with van der Waals surface area (Å²) in [6.45, 7) is 2.10. The minimum Gasteiger partial charge on any atom is -0.466 e. The van der Waals surface area contributed by atoms with Crippen LogP contribution in [0.1, 0.15) is 18.2 Å². The third kappa shape index (κ3) is 4.88. The molecule has 0 fully saturated rings. The third-order valence-electron chi connectivity index (χ3n) is 2.50. The average Bonchev–Trinajstić information content (AvgIpc) is 2.90. The number of nitrogens with one attached hydrogen (secondary N) is 1. The highest BCUT2D eigenvalue weighted by Gasteiger charge is 2.07. The van der Waals surface area contributed by atoms with E-state index in [0.29, 0.717) is 27.5 Å². The molecule has 1 aromatic heterocycles. The molecule has 22 heavy (non-hydrogen) atoms. The van der Waals surface area contributed by atoms with Crippen molar-refractivity contribution in [3.05, 3.63) is 45.1 Å². The lowest BCUT2D eigenvalue weighted by atomic mass is 10.2. The molecule has 0 unspecified atom stereocenters. The van der Waals surface area contributed by atoms with E-state index >= 15 is 0 Å². The van der Waals surface area contributed by atoms with Gasteiger partial charge in [-0.05, 0) is 40.5 Å². The molecule has 0 radical (unpaired) electrons. The van der Waals surface area contributed by atoms with Crippen LogP contribution in [0.3, 0.4) is 0 Å². The number of esters is 1. The maximum atomic E-state index is 13.3. The largest absolute Gasteiger partial charge is 0.466 e. The van der Waals surface area contributed by atoms with Gasteiger partial charge in [-0.1, -0.05) is 6.07 Å². The van der Waals surface area contributed by atoms with Crippen LogP contribution in [0.4, 0.5) is 9.52 Å². The van der Waals surface area contributed by atoms with Crippen LogP contribution in [-0.4, -0.2) is 23.8 Å². The van der Waals surface area contributed by atoms with Gasteiger partial charge in [-0.3, -0.25) is 10.2 Å². The fraction of sp³-hybridized carbons (Fsp3) is 0.214. The first-order valence-electron chi connectivity index (χ1n) is 6.42. The molecule has 1 aromatic carbocycles. The number of hydrazone groups is 1. The van der Waals surface area contributed by atoms with Crippen molar-refractivity contribution in [1.82, 2.24) is 4.98 Å². The molecular formula is C14H13BrFN3O2S. The van der Waals surface area contributed by atoms with E-state index in [-0.39, 0.29) is 18.2 Å². The van der Waals surface area contributed by atoms with Crippen LogP contribution in [0, 0.1) is 5.82 Å². The maximum absolute atomic E-state index is 13.3. The van der Waals surface area contributed by atoms with E-state index in [0.717, 1.165) is 0 Å². The lowest BCUT2D eigenvalue weighted by Crippen LogP contribution is -2.07. The Bertz CT molecular complexity index is 690. The Hall–Kier alpha value is -1.80. The molecule has 0 bridgehead atoms. The highest BCUT2D eigenvalue weighted by Crippen LogP contribution is 2.17. The smallest absolute Gasteiger partial charge is 0.311 e. The quantitative estimate of drug-likeness (QED) is 0.468. The molecule has 1 N–H and O–H groups in total. The maximum Gasteiger partial charge on any atom is 0.311 e. The van der Waals surface area contributed by atoms with Gasteiger partial charge in [0.2, 0.25) is 5.13 Å². The molecule has 8 heteroatoms. The Morgan fingerprint density at radius 3 is 3.14 bits per heavy atom. The Kier molecular flexibility index (Phi) is 6.02. The summed E-state index contributed by atoms with van der Waals surface area (Å²) in [5, 5.41) is 6.29. The van der Waals surface area contributed by atoms with Gasteiger partial charge in [0, 0.05) is 5.38 Å². The van der Waals surface area contributed by atoms with Crippen LogP contribution in [0.5, 0.6) is 0 Å². The molecule has 2 aromatic rings. The highest BCUT2D eigenvalue weighted by atomic mass is 79.9. The molecular weight excluding hydrogens is 373 g/mol. The second kappa shape index (κ2) is 8.00. The molecule has 0 spiro atoms. The molecule has 0 atom stereocenters. The van der Waals surface area contributed by atoms with E-state index in [1.54, 1.807) is 24.4 Å². The summed E-state index contributed by atoms with van der Waals surface area (Å²) in [5.74, 6) is -0.664. The van der Waals surface area contributed by atoms with Gasteiger partial charge in [-0.2, -0.15) is 5.10 Å². The molecule has 0 saturated heterocycles. The van der Waals surface area contributed by atoms with E-state index in [1.807, 2.05) is 0 Å². The number of thiazole rings is 1. The van der Waals surface area contributed by atoms with Crippen molar-refractivity contribution in [2.75, 3.05) is 12.0 Å². The van der Waals surface area contributed by atoms with E-state index in [2.05, 4.69) is 31.4 Å². The van der Waals surface area contributed by atoms with Crippen molar-refractivity contribution in [3.8, 4) is 0 Å². The molecule has 0 saturated carbocycles. The Balaban J connectivity index is 1.91. The number of anilines is 1. The van der Waals surface area contributed by atoms with E-state index < -0.39 is 0 Å². The van der Waals surface area contributed by atoms with Crippen LogP contribution in [0.2, 0.25) is 0 Å². The Morgan fingerprint density at radius 1 is 1.59 bits per heavy atom. The molecule has 0 amide bonds. The minimum atomic E-state index is -0.352. The lowest BCUT2D eigenvalue weighted by molar-refractivity contribution is -0.142. The molecule has 0 aliphatic heterocycles. The van der Waals surface area contributed by atoms with E-state index in [1.165, 1.54) is 23.6 Å². The Morgan fingerprint density at radius 2 is 2.41 bits per heavy atom. The molecule has 5 nitrogen and oxygen atoms in total. The summed E-state index contributed by atoms with van der Waals surface area (Å²) in [5.41, 5.74) is 3.99. The molecule has 116 valence electrons. The zero-order chi connectivity index (χ0) is 15.9. The number of hydrogen-bond acceptors (Lipinski definition) is 6. The zero-order valence-electron chi connectivity index (χ0n) is 11.7. The summed E-state index contributed by atoms with van der Waals surface area (Å²) in [7, 11) is 0. The number of hydrogen-bond donors (Lipinski definition) is 1. The molecule has 1 heterocycles. The predicted octanol–water partition coefficient (Wildman–Crippen LogP) is 3.60. The van der Waals surface area contributed by atoms with Gasteiger partial charge < -0.3 is 4.74 Å². The summed E-state index contributed by atoms with van der Waals surface area (Å²) in [6.07, 6.45) is 1.62. The second-order valence-corrected chi connectivity index (χ2v) is 5.88. The summed E-state index contributed by atoms with van der Waals surface area (Å²) in [4.78, 5) is 15.5. The first kappa shape index (κ1) is 16.6. The lowest BCUT2D eigenvalue weighted by Gasteiger charge is -1.98. The zero-order valence-corrected chi connectivity index (χ0v) is 14.1. The monoisotopic (exact) mass is 385 g/mol. The summed E-state index contributed by atoms with van der Waals surface area (Å²) in [6, 6.07) is 4.70. The highest BCUT2D eigenvalue weighted by molar-refractivity contribution is 9.10. The molecule has 0 aliphatic carbocycles. The summed E-state index contributed by atoms with van der Waals surface area (Å²) < 4.78 is 18.6. The Labute approximate surface area is 139 Å². The SMILES string of the molecule is CCOC(=O)Cc1csc(NN=Cc2ccc(Br)c(F)c2)n1. The number of aromatic nitrogens is 1. The first-order valence-corrected chi connectivity index (χ1v) is 8.10. The van der Waals surface area contributed by atoms with Crippen LogP contribution in [0.25, 0.3) is 0 Å². The fourth-order valence-corrected chi connectivity index (χ4v) is 2.46. The normalized spacial score (nSPS) is 10.9. The number of nitrogens with zero attached hydrogens (tertiary/aromatic N) is 2. The third-order valence-corrected chi connectivity index (χ3v) is 3.94. The van der Waals surface area contributed by atoms with Crippen LogP contribution in [0.15, 0.2) is 33.2 Å². The minimum absolute atomic E-state index is 0.133. The van der Waals surface area contributed by atoms with Gasteiger partial charge in [0.15, 0.2) is 0 Å². The second-order valence-electron chi connectivity index (χ2n) is 4.17. The predicted molar refractivity (Wildman–Crippen MR) is 87.8 cm³/mol. The first-order chi connectivity index (χ1) is 10.6. The number of carbonyl (C=O) groups excluding carboxylic acids is 1. The van der Waals surface area contributed by atoms with Crippen molar-refractivity contribution >= 4 is 44.6 Å². The van der Waals surface area contributed by atoms with Gasteiger partial charge in [-0.15, -0.1) is 11.3 Å². The topological polar surface area (TPSA) is 63.6 Å².